The molecule has 0 amide bonds. The van der Waals surface area contributed by atoms with E-state index in [1.54, 1.807) is 6.08 Å². The van der Waals surface area contributed by atoms with Gasteiger partial charge in [0, 0.05) is 31.8 Å². The van der Waals surface area contributed by atoms with Crippen molar-refractivity contribution in [3.63, 3.8) is 0 Å². The Kier molecular flexibility index (Phi) is 11.7. The maximum atomic E-state index is 3.60. The van der Waals surface area contributed by atoms with Gasteiger partial charge in [-0.1, -0.05) is 41.5 Å². The molecule has 0 unspecified atom stereocenters. The third kappa shape index (κ3) is 7.28. The molecule has 0 fully saturated rings. The molecule has 0 bridgehead atoms. The van der Waals surface area contributed by atoms with Gasteiger partial charge in [-0.05, 0) is 76.2 Å². The third-order valence-electron chi connectivity index (χ3n) is 5.53. The second-order valence-electron chi connectivity index (χ2n) is 8.54. The summed E-state index contributed by atoms with van der Waals surface area (Å²) < 4.78 is 0. The van der Waals surface area contributed by atoms with Crippen LogP contribution in [0.3, 0.4) is 0 Å². The van der Waals surface area contributed by atoms with Gasteiger partial charge in [0.15, 0.2) is 0 Å². The maximum absolute atomic E-state index is 3.60. The SMILES string of the molecule is C=C[CH-]c1ccccc1.Cc1cc(C)c(N2C=CN(c3c(C)cc(C)cc3C)[CH-]2)c(C)c1.[Cl-].[Pd]. The van der Waals surface area contributed by atoms with Gasteiger partial charge in [0.1, 0.15) is 0 Å². The van der Waals surface area contributed by atoms with Crippen LogP contribution in [0.1, 0.15) is 38.9 Å². The van der Waals surface area contributed by atoms with E-state index in [2.05, 4.69) is 101 Å². The Morgan fingerprint density at radius 1 is 0.706 bits per heavy atom. The fourth-order valence-electron chi connectivity index (χ4n) is 4.48. The van der Waals surface area contributed by atoms with Crippen LogP contribution in [-0.4, -0.2) is 0 Å². The van der Waals surface area contributed by atoms with Gasteiger partial charge in [0.2, 0.25) is 0 Å². The molecule has 3 aromatic rings. The van der Waals surface area contributed by atoms with Gasteiger partial charge >= 0.3 is 0 Å². The van der Waals surface area contributed by atoms with E-state index >= 15 is 0 Å². The molecular weight excluding hydrogens is 530 g/mol. The van der Waals surface area contributed by atoms with Crippen molar-refractivity contribution >= 4 is 11.4 Å². The molecule has 0 radical (unpaired) electrons. The summed E-state index contributed by atoms with van der Waals surface area (Å²) in [7, 11) is 0. The topological polar surface area (TPSA) is 6.48 Å². The number of halogens is 1. The van der Waals surface area contributed by atoms with Crippen LogP contribution in [0.4, 0.5) is 11.4 Å². The van der Waals surface area contributed by atoms with Crippen molar-refractivity contribution < 1.29 is 32.8 Å². The van der Waals surface area contributed by atoms with Crippen LogP contribution >= 0.6 is 0 Å². The molecule has 0 atom stereocenters. The molecule has 184 valence electrons. The van der Waals surface area contributed by atoms with Crippen LogP contribution in [0, 0.1) is 54.6 Å². The predicted octanol–water partition coefficient (Wildman–Crippen LogP) is 4.88. The fraction of sp³-hybridized carbons (Fsp3) is 0.200. The zero-order chi connectivity index (χ0) is 23.3. The first-order valence-corrected chi connectivity index (χ1v) is 11.1. The largest absolute Gasteiger partial charge is 1.00 e. The number of rotatable bonds is 4. The average Bonchev–Trinajstić information content (AvgIpc) is 3.17. The standard InChI is InChI=1S/C21H25N2.C9H9.ClH.Pd/c1-14-9-16(3)20(17(4)10-14)22-7-8-23(13-22)21-18(5)11-15(2)12-19(21)6;1-2-6-9-7-4-3-5-8-9;;/h7-13H,1-6H3;2-8H,1H2;1H;/q2*-1;;/p-1. The molecule has 0 aliphatic carbocycles. The van der Waals surface area contributed by atoms with E-state index in [4.69, 9.17) is 0 Å². The second kappa shape index (κ2) is 13.5. The number of hydrogen-bond acceptors (Lipinski definition) is 2. The molecule has 4 heteroatoms. The maximum Gasteiger partial charge on any atom is 0.0184 e. The monoisotopic (exact) mass is 563 g/mol. The van der Waals surface area contributed by atoms with Gasteiger partial charge in [0.25, 0.3) is 0 Å². The number of benzene rings is 3. The Bertz CT molecular complexity index is 1010. The molecule has 34 heavy (non-hydrogen) atoms. The van der Waals surface area contributed by atoms with Crippen molar-refractivity contribution in [2.75, 3.05) is 9.80 Å². The fourth-order valence-corrected chi connectivity index (χ4v) is 4.48. The molecular formula is C30H34ClN2Pd-3. The third-order valence-corrected chi connectivity index (χ3v) is 5.53. The summed E-state index contributed by atoms with van der Waals surface area (Å²) in [5.41, 5.74) is 11.6. The predicted molar refractivity (Wildman–Crippen MR) is 140 cm³/mol. The Morgan fingerprint density at radius 2 is 1.09 bits per heavy atom. The molecule has 3 aromatic carbocycles. The van der Waals surface area contributed by atoms with Gasteiger partial charge < -0.3 is 22.2 Å². The van der Waals surface area contributed by atoms with Crippen LogP contribution in [0.25, 0.3) is 0 Å². The van der Waals surface area contributed by atoms with Crippen LogP contribution in [0.15, 0.2) is 79.7 Å². The van der Waals surface area contributed by atoms with Crippen LogP contribution in [-0.2, 0) is 20.4 Å². The molecule has 0 N–H and O–H groups in total. The number of anilines is 2. The number of allylic oxidation sites excluding steroid dienone is 1. The quantitative estimate of drug-likeness (QED) is 0.330. The molecule has 0 aromatic heterocycles. The van der Waals surface area contributed by atoms with E-state index in [0.717, 1.165) is 0 Å². The van der Waals surface area contributed by atoms with Gasteiger partial charge in [0.05, 0.1) is 0 Å². The number of nitrogens with zero attached hydrogens (tertiary/aromatic N) is 2. The molecule has 4 rings (SSSR count). The Hall–Kier alpha value is -2.44. The molecule has 1 aliphatic rings. The van der Waals surface area contributed by atoms with Crippen molar-refractivity contribution in [2.24, 2.45) is 0 Å². The van der Waals surface area contributed by atoms with Crippen molar-refractivity contribution in [3.8, 4) is 0 Å². The summed E-state index contributed by atoms with van der Waals surface area (Å²) in [4.78, 5) is 4.45. The molecule has 1 heterocycles. The zero-order valence-corrected chi connectivity index (χ0v) is 23.2. The molecule has 1 aliphatic heterocycles. The summed E-state index contributed by atoms with van der Waals surface area (Å²) in [6, 6.07) is 19.1. The van der Waals surface area contributed by atoms with E-state index in [-0.39, 0.29) is 32.8 Å². The number of aryl methyl sites for hydroxylation is 6. The Morgan fingerprint density at radius 3 is 1.44 bits per heavy atom. The smallest absolute Gasteiger partial charge is 0.0184 e. The molecule has 0 saturated carbocycles. The molecule has 0 saturated heterocycles. The van der Waals surface area contributed by atoms with Crippen LogP contribution in [0.5, 0.6) is 0 Å². The van der Waals surface area contributed by atoms with Crippen molar-refractivity contribution in [2.45, 2.75) is 41.5 Å². The first kappa shape index (κ1) is 29.6. The van der Waals surface area contributed by atoms with E-state index in [1.165, 1.54) is 50.3 Å². The van der Waals surface area contributed by atoms with Crippen LogP contribution < -0.4 is 22.2 Å². The first-order valence-electron chi connectivity index (χ1n) is 11.1. The van der Waals surface area contributed by atoms with Crippen molar-refractivity contribution in [3.05, 3.63) is 132 Å². The Labute approximate surface area is 226 Å². The summed E-state index contributed by atoms with van der Waals surface area (Å²) in [6.45, 7) is 18.8. The van der Waals surface area contributed by atoms with Gasteiger partial charge in [-0.15, -0.1) is 42.9 Å². The van der Waals surface area contributed by atoms with Gasteiger partial charge in [-0.25, -0.2) is 0 Å². The minimum Gasteiger partial charge on any atom is -1.00 e. The van der Waals surface area contributed by atoms with Gasteiger partial charge in [-0.3, -0.25) is 0 Å². The van der Waals surface area contributed by atoms with E-state index in [1.807, 2.05) is 36.8 Å². The normalized spacial score (nSPS) is 11.7. The van der Waals surface area contributed by atoms with E-state index in [9.17, 15) is 0 Å². The zero-order valence-electron chi connectivity index (χ0n) is 20.9. The van der Waals surface area contributed by atoms with Crippen LogP contribution in [0.2, 0.25) is 0 Å². The summed E-state index contributed by atoms with van der Waals surface area (Å²) in [5.74, 6) is 0. The van der Waals surface area contributed by atoms with E-state index < -0.39 is 0 Å². The minimum atomic E-state index is 0. The minimum absolute atomic E-state index is 0. The van der Waals surface area contributed by atoms with Crippen molar-refractivity contribution in [1.82, 2.24) is 0 Å². The summed E-state index contributed by atoms with van der Waals surface area (Å²) >= 11 is 0. The molecule has 2 nitrogen and oxygen atoms in total. The number of hydrogen-bond donors (Lipinski definition) is 0. The van der Waals surface area contributed by atoms with E-state index in [0.29, 0.717) is 0 Å². The van der Waals surface area contributed by atoms with Crippen molar-refractivity contribution in [1.29, 1.82) is 0 Å². The summed E-state index contributed by atoms with van der Waals surface area (Å²) in [5, 5.41) is 0. The summed E-state index contributed by atoms with van der Waals surface area (Å²) in [6.07, 6.45) is 8.04. The molecule has 0 spiro atoms. The average molecular weight is 564 g/mol. The first-order chi connectivity index (χ1) is 15.3. The Balaban J connectivity index is 0.000000448. The van der Waals surface area contributed by atoms with Gasteiger partial charge in [-0.2, -0.15) is 12.7 Å². The second-order valence-corrected chi connectivity index (χ2v) is 8.54.